The third-order valence-corrected chi connectivity index (χ3v) is 6.77. The van der Waals surface area contributed by atoms with Crippen molar-refractivity contribution in [3.63, 3.8) is 0 Å². The van der Waals surface area contributed by atoms with Gasteiger partial charge in [0.15, 0.2) is 0 Å². The molecule has 2 amide bonds. The molecule has 2 aromatic carbocycles. The third-order valence-electron chi connectivity index (χ3n) is 6.77. The van der Waals surface area contributed by atoms with Gasteiger partial charge in [-0.05, 0) is 37.6 Å². The van der Waals surface area contributed by atoms with Gasteiger partial charge in [-0.25, -0.2) is 9.59 Å². The standard InChI is InChI=1S/C26H34N4O3.C2H2O4/c1-21-8-3-5-10-23(21)29-16-14-27(15-17-29)12-7-13-30-25(31)19-28(20-26(30)32)18-22-9-4-6-11-24(22)33-2;3-1(4)2(5)6/h3-6,8-11H,7,12-20H2,1-2H3;(H,3,4)(H,5,6). The van der Waals surface area contributed by atoms with Gasteiger partial charge in [0.25, 0.3) is 0 Å². The van der Waals surface area contributed by atoms with Crippen LogP contribution in [-0.2, 0) is 25.7 Å². The highest BCUT2D eigenvalue weighted by molar-refractivity contribution is 6.27. The summed E-state index contributed by atoms with van der Waals surface area (Å²) in [5.74, 6) is -3.08. The average Bonchev–Trinajstić information content (AvgIpc) is 2.91. The summed E-state index contributed by atoms with van der Waals surface area (Å²) in [7, 11) is 1.63. The SMILES string of the molecule is COc1ccccc1CN1CC(=O)N(CCCN2CCN(c3ccccc3C)CC2)C(=O)C1.O=C(O)C(=O)O. The van der Waals surface area contributed by atoms with Crippen molar-refractivity contribution in [2.45, 2.75) is 19.9 Å². The molecule has 39 heavy (non-hydrogen) atoms. The highest BCUT2D eigenvalue weighted by Crippen LogP contribution is 2.22. The number of methoxy groups -OCH3 is 1. The van der Waals surface area contributed by atoms with Crippen molar-refractivity contribution in [1.82, 2.24) is 14.7 Å². The fourth-order valence-corrected chi connectivity index (χ4v) is 4.77. The van der Waals surface area contributed by atoms with Gasteiger partial charge in [-0.2, -0.15) is 0 Å². The molecule has 2 heterocycles. The zero-order chi connectivity index (χ0) is 28.4. The first-order valence-electron chi connectivity index (χ1n) is 12.9. The van der Waals surface area contributed by atoms with E-state index in [9.17, 15) is 9.59 Å². The highest BCUT2D eigenvalue weighted by atomic mass is 16.5. The van der Waals surface area contributed by atoms with Gasteiger partial charge in [-0.3, -0.25) is 24.3 Å². The minimum atomic E-state index is -1.82. The molecule has 2 aromatic rings. The fraction of sp³-hybridized carbons (Fsp3) is 0.429. The molecule has 2 N–H and O–H groups in total. The molecule has 2 fully saturated rings. The summed E-state index contributed by atoms with van der Waals surface area (Å²) in [6, 6.07) is 16.3. The molecule has 0 bridgehead atoms. The van der Waals surface area contributed by atoms with Gasteiger partial charge in [0.1, 0.15) is 5.75 Å². The monoisotopic (exact) mass is 540 g/mol. The zero-order valence-corrected chi connectivity index (χ0v) is 22.4. The molecule has 4 rings (SSSR count). The van der Waals surface area contributed by atoms with E-state index in [1.807, 2.05) is 29.2 Å². The molecule has 11 heteroatoms. The quantitative estimate of drug-likeness (QED) is 0.376. The second-order valence-electron chi connectivity index (χ2n) is 9.48. The van der Waals surface area contributed by atoms with Crippen molar-refractivity contribution in [3.05, 3.63) is 59.7 Å². The van der Waals surface area contributed by atoms with Crippen LogP contribution < -0.4 is 9.64 Å². The number of carbonyl (C=O) groups excluding carboxylic acids is 2. The molecule has 2 aliphatic heterocycles. The van der Waals surface area contributed by atoms with E-state index in [0.29, 0.717) is 13.1 Å². The number of hydrogen-bond acceptors (Lipinski definition) is 8. The van der Waals surface area contributed by atoms with E-state index >= 15 is 0 Å². The molecule has 0 aliphatic carbocycles. The van der Waals surface area contributed by atoms with Crippen LogP contribution in [0.5, 0.6) is 5.75 Å². The minimum Gasteiger partial charge on any atom is -0.496 e. The Morgan fingerprint density at radius 3 is 2.00 bits per heavy atom. The van der Waals surface area contributed by atoms with Crippen molar-refractivity contribution in [2.75, 3.05) is 64.4 Å². The van der Waals surface area contributed by atoms with Crippen LogP contribution in [0, 0.1) is 6.92 Å². The van der Waals surface area contributed by atoms with Crippen molar-refractivity contribution >= 4 is 29.4 Å². The van der Waals surface area contributed by atoms with Crippen LogP contribution in [0.1, 0.15) is 17.5 Å². The Balaban J connectivity index is 0.000000631. The van der Waals surface area contributed by atoms with E-state index < -0.39 is 11.9 Å². The lowest BCUT2D eigenvalue weighted by atomic mass is 10.1. The molecule has 2 aliphatic rings. The summed E-state index contributed by atoms with van der Waals surface area (Å²) in [4.78, 5) is 51.8. The van der Waals surface area contributed by atoms with Crippen molar-refractivity contribution in [2.24, 2.45) is 0 Å². The van der Waals surface area contributed by atoms with Crippen molar-refractivity contribution in [1.29, 1.82) is 0 Å². The molecular weight excluding hydrogens is 504 g/mol. The summed E-state index contributed by atoms with van der Waals surface area (Å²) in [5.41, 5.74) is 3.62. The van der Waals surface area contributed by atoms with Crippen LogP contribution in [0.25, 0.3) is 0 Å². The van der Waals surface area contributed by atoms with Crippen LogP contribution in [0.4, 0.5) is 5.69 Å². The van der Waals surface area contributed by atoms with Gasteiger partial charge < -0.3 is 19.8 Å². The van der Waals surface area contributed by atoms with Gasteiger partial charge in [0, 0.05) is 50.5 Å². The lowest BCUT2D eigenvalue weighted by molar-refractivity contribution is -0.159. The number of carboxylic acid groups (broad SMARTS) is 2. The molecule has 0 radical (unpaired) electrons. The minimum absolute atomic E-state index is 0.106. The molecule has 0 atom stereocenters. The van der Waals surface area contributed by atoms with Crippen LogP contribution >= 0.6 is 0 Å². The predicted octanol–water partition coefficient (Wildman–Crippen LogP) is 1.54. The molecule has 0 unspecified atom stereocenters. The number of aliphatic carboxylic acids is 2. The van der Waals surface area contributed by atoms with Gasteiger partial charge in [-0.1, -0.05) is 36.4 Å². The number of amides is 2. The number of piperazine rings is 2. The highest BCUT2D eigenvalue weighted by Gasteiger charge is 2.31. The Morgan fingerprint density at radius 1 is 0.821 bits per heavy atom. The molecule has 11 nitrogen and oxygen atoms in total. The first-order valence-corrected chi connectivity index (χ1v) is 12.9. The largest absolute Gasteiger partial charge is 0.496 e. The van der Waals surface area contributed by atoms with E-state index in [2.05, 4.69) is 41.0 Å². The number of ether oxygens (including phenoxy) is 1. The number of nitrogens with zero attached hydrogens (tertiary/aromatic N) is 4. The summed E-state index contributed by atoms with van der Waals surface area (Å²) in [6.45, 7) is 8.63. The van der Waals surface area contributed by atoms with E-state index in [1.54, 1.807) is 7.11 Å². The Bertz CT molecular complexity index is 1130. The smallest absolute Gasteiger partial charge is 0.414 e. The first-order chi connectivity index (χ1) is 18.7. The van der Waals surface area contributed by atoms with Gasteiger partial charge >= 0.3 is 11.9 Å². The average molecular weight is 541 g/mol. The maximum atomic E-state index is 12.7. The number of anilines is 1. The number of rotatable bonds is 8. The summed E-state index contributed by atoms with van der Waals surface area (Å²) in [5, 5.41) is 14.8. The second-order valence-corrected chi connectivity index (χ2v) is 9.48. The van der Waals surface area contributed by atoms with Crippen molar-refractivity contribution in [3.8, 4) is 5.75 Å². The zero-order valence-electron chi connectivity index (χ0n) is 22.4. The number of carboxylic acids is 2. The van der Waals surface area contributed by atoms with Gasteiger partial charge in [0.05, 0.1) is 20.2 Å². The molecule has 2 saturated heterocycles. The van der Waals surface area contributed by atoms with Gasteiger partial charge in [-0.15, -0.1) is 0 Å². The fourth-order valence-electron chi connectivity index (χ4n) is 4.77. The summed E-state index contributed by atoms with van der Waals surface area (Å²) in [6.07, 6.45) is 0.814. The molecular formula is C28H36N4O7. The maximum absolute atomic E-state index is 12.7. The van der Waals surface area contributed by atoms with Crippen LogP contribution in [-0.4, -0.2) is 108 Å². The number of hydrogen-bond donors (Lipinski definition) is 2. The number of imide groups is 1. The molecule has 210 valence electrons. The van der Waals surface area contributed by atoms with Crippen LogP contribution in [0.15, 0.2) is 48.5 Å². The predicted molar refractivity (Wildman–Crippen MR) is 145 cm³/mol. The summed E-state index contributed by atoms with van der Waals surface area (Å²) < 4.78 is 5.40. The van der Waals surface area contributed by atoms with E-state index in [1.165, 1.54) is 16.2 Å². The molecule has 0 spiro atoms. The van der Waals surface area contributed by atoms with E-state index in [4.69, 9.17) is 24.5 Å². The van der Waals surface area contributed by atoms with E-state index in [0.717, 1.165) is 50.5 Å². The maximum Gasteiger partial charge on any atom is 0.414 e. The number of aryl methyl sites for hydroxylation is 1. The molecule has 0 aromatic heterocycles. The van der Waals surface area contributed by atoms with Gasteiger partial charge in [0.2, 0.25) is 11.8 Å². The summed E-state index contributed by atoms with van der Waals surface area (Å²) >= 11 is 0. The Kier molecular flexibility index (Phi) is 10.8. The second kappa shape index (κ2) is 14.3. The normalized spacial score (nSPS) is 16.5. The Labute approximate surface area is 228 Å². The topological polar surface area (TPSA) is 131 Å². The van der Waals surface area contributed by atoms with Crippen molar-refractivity contribution < 1.29 is 34.1 Å². The van der Waals surface area contributed by atoms with Crippen LogP contribution in [0.2, 0.25) is 0 Å². The Morgan fingerprint density at radius 2 is 1.41 bits per heavy atom. The third kappa shape index (κ3) is 8.52. The Hall–Kier alpha value is -3.96. The first kappa shape index (κ1) is 29.6. The number of para-hydroxylation sites is 2. The lowest BCUT2D eigenvalue weighted by Crippen LogP contribution is -2.54. The number of benzene rings is 2. The van der Waals surface area contributed by atoms with Crippen LogP contribution in [0.3, 0.4) is 0 Å². The molecule has 0 saturated carbocycles. The number of carbonyl (C=O) groups is 4. The lowest BCUT2D eigenvalue weighted by Gasteiger charge is -2.37. The van der Waals surface area contributed by atoms with E-state index in [-0.39, 0.29) is 24.9 Å².